The number of oxazole rings is 1. The Morgan fingerprint density at radius 1 is 1.33 bits per heavy atom. The number of aromatic nitrogens is 1. The lowest BCUT2D eigenvalue weighted by Crippen LogP contribution is -2.48. The van der Waals surface area contributed by atoms with E-state index in [2.05, 4.69) is 10.3 Å². The van der Waals surface area contributed by atoms with Crippen LogP contribution in [0.1, 0.15) is 26.2 Å². The Morgan fingerprint density at radius 3 is 2.62 bits per heavy atom. The van der Waals surface area contributed by atoms with Gasteiger partial charge in [0.1, 0.15) is 0 Å². The number of hydrogen-bond acceptors (Lipinski definition) is 4. The van der Waals surface area contributed by atoms with Crippen LogP contribution in [0.4, 0.5) is 0 Å². The van der Waals surface area contributed by atoms with E-state index in [0.29, 0.717) is 36.1 Å². The summed E-state index contributed by atoms with van der Waals surface area (Å²) < 4.78 is 5.66. The van der Waals surface area contributed by atoms with Crippen LogP contribution in [-0.2, 0) is 11.2 Å². The largest absolute Gasteiger partial charge is 0.441 e. The quantitative estimate of drug-likeness (QED) is 0.784. The zero-order chi connectivity index (χ0) is 16.2. The minimum absolute atomic E-state index is 0. The maximum absolute atomic E-state index is 11.9. The molecule has 3 N–H and O–H groups in total. The van der Waals surface area contributed by atoms with Crippen LogP contribution >= 0.6 is 36.4 Å². The van der Waals surface area contributed by atoms with Gasteiger partial charge in [-0.2, -0.15) is 0 Å². The number of amides is 1. The van der Waals surface area contributed by atoms with Crippen molar-refractivity contribution in [1.29, 1.82) is 0 Å². The Bertz CT molecular complexity index is 660. The van der Waals surface area contributed by atoms with E-state index < -0.39 is 5.54 Å². The van der Waals surface area contributed by atoms with Gasteiger partial charge in [-0.05, 0) is 26.0 Å². The fraction of sp³-hybridized carbons (Fsp3) is 0.375. The van der Waals surface area contributed by atoms with Crippen LogP contribution in [0.3, 0.4) is 0 Å². The summed E-state index contributed by atoms with van der Waals surface area (Å²) in [5.41, 5.74) is 5.97. The minimum atomic E-state index is -0.406. The van der Waals surface area contributed by atoms with E-state index in [1.807, 2.05) is 32.0 Å². The molecule has 134 valence electrons. The smallest absolute Gasteiger partial charge is 0.220 e. The van der Waals surface area contributed by atoms with Gasteiger partial charge in [0.25, 0.3) is 0 Å². The highest BCUT2D eigenvalue weighted by Gasteiger charge is 2.18. The van der Waals surface area contributed by atoms with E-state index in [1.54, 1.807) is 12.3 Å². The fourth-order valence-corrected chi connectivity index (χ4v) is 2.15. The molecular weight excluding hydrogens is 373 g/mol. The molecule has 0 aliphatic carbocycles. The Morgan fingerprint density at radius 2 is 2.00 bits per heavy atom. The van der Waals surface area contributed by atoms with Crippen molar-refractivity contribution in [2.75, 3.05) is 6.54 Å². The average Bonchev–Trinajstić information content (AvgIpc) is 2.94. The second-order valence-corrected chi connectivity index (χ2v) is 6.14. The molecule has 1 aromatic carbocycles. The molecule has 0 radical (unpaired) electrons. The van der Waals surface area contributed by atoms with Gasteiger partial charge in [-0.15, -0.1) is 24.8 Å². The molecule has 0 bridgehead atoms. The summed E-state index contributed by atoms with van der Waals surface area (Å²) in [6, 6.07) is 7.39. The molecular formula is C16H22Cl3N3O2. The third-order valence-electron chi connectivity index (χ3n) is 3.25. The number of nitrogens with one attached hydrogen (secondary N) is 1. The number of halogens is 3. The molecule has 1 amide bonds. The molecule has 5 nitrogen and oxygen atoms in total. The molecule has 0 saturated carbocycles. The summed E-state index contributed by atoms with van der Waals surface area (Å²) in [7, 11) is 0. The van der Waals surface area contributed by atoms with Gasteiger partial charge in [0, 0.05) is 30.5 Å². The van der Waals surface area contributed by atoms with Crippen LogP contribution in [0.2, 0.25) is 5.02 Å². The lowest BCUT2D eigenvalue weighted by molar-refractivity contribution is -0.122. The standard InChI is InChI=1S/C16H20ClN3O2.2ClH/c1-16(2,10-18)20-14(21)7-8-15-19-9-13(22-15)11-5-3-4-6-12(11)17;;/h3-6,9H,7-8,10,18H2,1-2H3,(H,20,21);2*1H. The second-order valence-electron chi connectivity index (χ2n) is 5.73. The third-order valence-corrected chi connectivity index (χ3v) is 3.58. The number of nitrogens with two attached hydrogens (primary N) is 1. The van der Waals surface area contributed by atoms with Crippen molar-refractivity contribution < 1.29 is 9.21 Å². The lowest BCUT2D eigenvalue weighted by atomic mass is 10.1. The van der Waals surface area contributed by atoms with Crippen molar-refractivity contribution in [3.8, 4) is 11.3 Å². The highest BCUT2D eigenvalue weighted by Crippen LogP contribution is 2.28. The molecule has 0 spiro atoms. The van der Waals surface area contributed by atoms with Gasteiger partial charge in [-0.25, -0.2) is 4.98 Å². The summed E-state index contributed by atoms with van der Waals surface area (Å²) in [6.45, 7) is 4.14. The predicted octanol–water partition coefficient (Wildman–Crippen LogP) is 3.62. The Balaban J connectivity index is 0.00000264. The number of carbonyl (C=O) groups is 1. The zero-order valence-corrected chi connectivity index (χ0v) is 15.9. The maximum atomic E-state index is 11.9. The first-order valence-corrected chi connectivity index (χ1v) is 7.50. The molecule has 0 aliphatic rings. The zero-order valence-electron chi connectivity index (χ0n) is 13.5. The van der Waals surface area contributed by atoms with Crippen LogP contribution in [-0.4, -0.2) is 23.0 Å². The summed E-state index contributed by atoms with van der Waals surface area (Å²) in [6.07, 6.45) is 2.35. The lowest BCUT2D eigenvalue weighted by Gasteiger charge is -2.23. The molecule has 2 aromatic rings. The Kier molecular flexibility index (Phi) is 9.37. The molecule has 2 rings (SSSR count). The molecule has 1 aromatic heterocycles. The predicted molar refractivity (Wildman–Crippen MR) is 101 cm³/mol. The van der Waals surface area contributed by atoms with Crippen molar-refractivity contribution in [3.05, 3.63) is 41.4 Å². The van der Waals surface area contributed by atoms with Crippen molar-refractivity contribution in [2.24, 2.45) is 5.73 Å². The number of aryl methyl sites for hydroxylation is 1. The van der Waals surface area contributed by atoms with Gasteiger partial charge in [-0.3, -0.25) is 4.79 Å². The first kappa shape index (κ1) is 22.7. The fourth-order valence-electron chi connectivity index (χ4n) is 1.92. The number of nitrogens with zero attached hydrogens (tertiary/aromatic N) is 1. The summed E-state index contributed by atoms with van der Waals surface area (Å²) in [4.78, 5) is 16.1. The third kappa shape index (κ3) is 6.32. The first-order chi connectivity index (χ1) is 10.4. The van der Waals surface area contributed by atoms with E-state index in [4.69, 9.17) is 21.8 Å². The molecule has 0 fully saturated rings. The van der Waals surface area contributed by atoms with Gasteiger partial charge in [0.15, 0.2) is 11.7 Å². The molecule has 1 heterocycles. The van der Waals surface area contributed by atoms with E-state index >= 15 is 0 Å². The maximum Gasteiger partial charge on any atom is 0.220 e. The van der Waals surface area contributed by atoms with E-state index in [9.17, 15) is 4.79 Å². The second kappa shape index (κ2) is 9.89. The average molecular weight is 395 g/mol. The van der Waals surface area contributed by atoms with E-state index in [-0.39, 0.29) is 30.7 Å². The van der Waals surface area contributed by atoms with Crippen LogP contribution < -0.4 is 11.1 Å². The number of benzene rings is 1. The molecule has 8 heteroatoms. The van der Waals surface area contributed by atoms with Crippen LogP contribution in [0.15, 0.2) is 34.9 Å². The molecule has 24 heavy (non-hydrogen) atoms. The summed E-state index contributed by atoms with van der Waals surface area (Å²) in [5, 5.41) is 3.47. The SMILES string of the molecule is CC(C)(CN)NC(=O)CCc1ncc(-c2ccccc2Cl)o1.Cl.Cl. The minimum Gasteiger partial charge on any atom is -0.441 e. The molecule has 0 saturated heterocycles. The van der Waals surface area contributed by atoms with Crippen molar-refractivity contribution in [3.63, 3.8) is 0 Å². The van der Waals surface area contributed by atoms with Crippen molar-refractivity contribution >= 4 is 42.3 Å². The highest BCUT2D eigenvalue weighted by molar-refractivity contribution is 6.33. The van der Waals surface area contributed by atoms with Crippen LogP contribution in [0.5, 0.6) is 0 Å². The van der Waals surface area contributed by atoms with Crippen molar-refractivity contribution in [2.45, 2.75) is 32.2 Å². The van der Waals surface area contributed by atoms with Gasteiger partial charge in [0.05, 0.1) is 11.2 Å². The number of hydrogen-bond donors (Lipinski definition) is 2. The number of rotatable bonds is 6. The summed E-state index contributed by atoms with van der Waals surface area (Å²) in [5.74, 6) is 1.03. The van der Waals surface area contributed by atoms with Gasteiger partial charge in [-0.1, -0.05) is 23.7 Å². The van der Waals surface area contributed by atoms with Crippen LogP contribution in [0, 0.1) is 0 Å². The molecule has 0 aliphatic heterocycles. The van der Waals surface area contributed by atoms with Gasteiger partial charge in [0.2, 0.25) is 5.91 Å². The van der Waals surface area contributed by atoms with Gasteiger partial charge >= 0.3 is 0 Å². The van der Waals surface area contributed by atoms with Crippen molar-refractivity contribution in [1.82, 2.24) is 10.3 Å². The first-order valence-electron chi connectivity index (χ1n) is 7.12. The molecule has 0 atom stereocenters. The highest BCUT2D eigenvalue weighted by atomic mass is 35.5. The normalized spacial score (nSPS) is 10.5. The van der Waals surface area contributed by atoms with E-state index in [1.165, 1.54) is 0 Å². The van der Waals surface area contributed by atoms with Gasteiger partial charge < -0.3 is 15.5 Å². The Hall–Kier alpha value is -1.27. The summed E-state index contributed by atoms with van der Waals surface area (Å²) >= 11 is 6.12. The van der Waals surface area contributed by atoms with Crippen LogP contribution in [0.25, 0.3) is 11.3 Å². The number of carbonyl (C=O) groups excluding carboxylic acids is 1. The van der Waals surface area contributed by atoms with E-state index in [0.717, 1.165) is 5.56 Å². The Labute approximate surface area is 159 Å². The monoisotopic (exact) mass is 393 g/mol. The molecule has 0 unspecified atom stereocenters. The topological polar surface area (TPSA) is 81.1 Å².